The second kappa shape index (κ2) is 5.24. The molecule has 0 bridgehead atoms. The van der Waals surface area contributed by atoms with Crippen LogP contribution in [0.15, 0.2) is 12.1 Å². The molecule has 0 saturated carbocycles. The average Bonchev–Trinajstić information content (AvgIpc) is 2.26. The number of nitro groups is 1. The Hall–Kier alpha value is -2.18. The van der Waals surface area contributed by atoms with Gasteiger partial charge >= 0.3 is 11.7 Å². The number of carbonyl (C=O) groups is 1. The second-order valence-corrected chi connectivity index (χ2v) is 3.21. The van der Waals surface area contributed by atoms with E-state index in [9.17, 15) is 19.3 Å². The quantitative estimate of drug-likeness (QED) is 0.632. The number of hydrogen-bond donors (Lipinski definition) is 1. The summed E-state index contributed by atoms with van der Waals surface area (Å²) in [5, 5.41) is 19.3. The van der Waals surface area contributed by atoms with Gasteiger partial charge in [-0.3, -0.25) is 10.1 Å². The molecule has 1 aromatic carbocycles. The predicted octanol–water partition coefficient (Wildman–Crippen LogP) is 2.22. The van der Waals surface area contributed by atoms with Crippen LogP contribution >= 0.6 is 0 Å². The van der Waals surface area contributed by atoms with Crippen LogP contribution in [0.1, 0.15) is 23.7 Å². The van der Waals surface area contributed by atoms with Crippen molar-refractivity contribution in [3.05, 3.63) is 33.6 Å². The van der Waals surface area contributed by atoms with E-state index < -0.39 is 28.0 Å². The molecule has 1 rings (SSSR count). The molecule has 17 heavy (non-hydrogen) atoms. The summed E-state index contributed by atoms with van der Waals surface area (Å²) in [6.45, 7) is 1.97. The highest BCUT2D eigenvalue weighted by Gasteiger charge is 2.22. The number of nitrogens with zero attached hydrogens (tertiary/aromatic N) is 1. The summed E-state index contributed by atoms with van der Waals surface area (Å²) in [6, 6.07) is 1.37. The summed E-state index contributed by atoms with van der Waals surface area (Å²) < 4.78 is 18.2. The highest BCUT2D eigenvalue weighted by molar-refractivity contribution is 5.89. The van der Waals surface area contributed by atoms with Crippen molar-refractivity contribution in [2.24, 2.45) is 0 Å². The van der Waals surface area contributed by atoms with Crippen LogP contribution in [0, 0.1) is 15.9 Å². The Morgan fingerprint density at radius 1 is 1.59 bits per heavy atom. The van der Waals surface area contributed by atoms with Crippen molar-refractivity contribution in [2.45, 2.75) is 13.3 Å². The maximum atomic E-state index is 13.2. The summed E-state index contributed by atoms with van der Waals surface area (Å²) in [6.07, 6.45) is 0.594. The molecule has 0 atom stereocenters. The molecule has 0 spiro atoms. The van der Waals surface area contributed by atoms with Gasteiger partial charge in [-0.1, -0.05) is 6.92 Å². The number of ether oxygens (including phenoxy) is 1. The Morgan fingerprint density at radius 2 is 2.24 bits per heavy atom. The number of aromatic carboxylic acids is 1. The van der Waals surface area contributed by atoms with Gasteiger partial charge in [-0.25, -0.2) is 9.18 Å². The molecule has 0 aliphatic heterocycles. The maximum absolute atomic E-state index is 13.2. The Bertz CT molecular complexity index is 460. The SMILES string of the molecule is CCCOc1cc(C(=O)O)c(F)cc1[N+](=O)[O-]. The average molecular weight is 243 g/mol. The van der Waals surface area contributed by atoms with Crippen LogP contribution in [-0.4, -0.2) is 22.6 Å². The van der Waals surface area contributed by atoms with E-state index in [-0.39, 0.29) is 12.4 Å². The zero-order chi connectivity index (χ0) is 13.0. The smallest absolute Gasteiger partial charge is 0.338 e. The van der Waals surface area contributed by atoms with Gasteiger partial charge in [0.25, 0.3) is 0 Å². The normalized spacial score (nSPS) is 10.0. The van der Waals surface area contributed by atoms with Crippen molar-refractivity contribution in [3.63, 3.8) is 0 Å². The molecule has 92 valence electrons. The molecule has 1 aromatic rings. The first-order valence-corrected chi connectivity index (χ1v) is 4.81. The molecule has 0 radical (unpaired) electrons. The molecule has 0 heterocycles. The molecular weight excluding hydrogens is 233 g/mol. The molecule has 1 N–H and O–H groups in total. The lowest BCUT2D eigenvalue weighted by Crippen LogP contribution is -2.05. The van der Waals surface area contributed by atoms with Crippen LogP contribution in [-0.2, 0) is 0 Å². The number of halogens is 1. The molecule has 0 saturated heterocycles. The standard InChI is InChI=1S/C10H10FNO5/c1-2-3-17-9-4-6(10(13)14)7(11)5-8(9)12(15)16/h4-5H,2-3H2,1H3,(H,13,14). The van der Waals surface area contributed by atoms with Gasteiger partial charge in [0.1, 0.15) is 5.82 Å². The van der Waals surface area contributed by atoms with Gasteiger partial charge in [-0.05, 0) is 6.42 Å². The van der Waals surface area contributed by atoms with Crippen molar-refractivity contribution in [2.75, 3.05) is 6.61 Å². The van der Waals surface area contributed by atoms with Gasteiger partial charge in [0, 0.05) is 6.07 Å². The van der Waals surface area contributed by atoms with Crippen LogP contribution in [0.25, 0.3) is 0 Å². The van der Waals surface area contributed by atoms with Crippen LogP contribution < -0.4 is 4.74 Å². The molecule has 7 heteroatoms. The number of carboxylic acid groups (broad SMARTS) is 1. The first-order chi connectivity index (χ1) is 7.97. The van der Waals surface area contributed by atoms with E-state index >= 15 is 0 Å². The number of hydrogen-bond acceptors (Lipinski definition) is 4. The van der Waals surface area contributed by atoms with E-state index in [1.165, 1.54) is 0 Å². The fourth-order valence-corrected chi connectivity index (χ4v) is 1.18. The van der Waals surface area contributed by atoms with E-state index in [2.05, 4.69) is 0 Å². The molecular formula is C10H10FNO5. The minimum Gasteiger partial charge on any atom is -0.487 e. The predicted molar refractivity (Wildman–Crippen MR) is 55.8 cm³/mol. The zero-order valence-electron chi connectivity index (χ0n) is 8.97. The third-order valence-corrected chi connectivity index (χ3v) is 1.94. The number of carboxylic acids is 1. The van der Waals surface area contributed by atoms with Crippen LogP contribution in [0.2, 0.25) is 0 Å². The Labute approximate surface area is 95.8 Å². The van der Waals surface area contributed by atoms with Gasteiger partial charge in [0.15, 0.2) is 5.75 Å². The number of nitro benzene ring substituents is 1. The minimum absolute atomic E-state index is 0.186. The molecule has 0 amide bonds. The van der Waals surface area contributed by atoms with Gasteiger partial charge in [-0.2, -0.15) is 0 Å². The Morgan fingerprint density at radius 3 is 2.71 bits per heavy atom. The summed E-state index contributed by atoms with van der Waals surface area (Å²) in [5.41, 5.74) is -1.23. The topological polar surface area (TPSA) is 89.7 Å². The van der Waals surface area contributed by atoms with Gasteiger partial charge in [0.05, 0.1) is 23.2 Å². The Balaban J connectivity index is 3.26. The molecule has 0 fully saturated rings. The Kier molecular flexibility index (Phi) is 3.97. The number of rotatable bonds is 5. The van der Waals surface area contributed by atoms with Gasteiger partial charge in [0.2, 0.25) is 0 Å². The zero-order valence-corrected chi connectivity index (χ0v) is 8.97. The van der Waals surface area contributed by atoms with E-state index in [1.54, 1.807) is 6.92 Å². The van der Waals surface area contributed by atoms with Gasteiger partial charge < -0.3 is 9.84 Å². The molecule has 0 unspecified atom stereocenters. The van der Waals surface area contributed by atoms with Crippen molar-refractivity contribution >= 4 is 11.7 Å². The largest absolute Gasteiger partial charge is 0.487 e. The van der Waals surface area contributed by atoms with Crippen molar-refractivity contribution in [1.29, 1.82) is 0 Å². The monoisotopic (exact) mass is 243 g/mol. The fraction of sp³-hybridized carbons (Fsp3) is 0.300. The highest BCUT2D eigenvalue weighted by atomic mass is 19.1. The van der Waals surface area contributed by atoms with E-state index in [0.29, 0.717) is 12.5 Å². The first kappa shape index (κ1) is 12.9. The van der Waals surface area contributed by atoms with Crippen molar-refractivity contribution in [1.82, 2.24) is 0 Å². The number of benzene rings is 1. The first-order valence-electron chi connectivity index (χ1n) is 4.81. The molecule has 0 aliphatic rings. The second-order valence-electron chi connectivity index (χ2n) is 3.21. The lowest BCUT2D eigenvalue weighted by Gasteiger charge is -2.06. The fourth-order valence-electron chi connectivity index (χ4n) is 1.18. The summed E-state index contributed by atoms with van der Waals surface area (Å²) in [4.78, 5) is 20.5. The lowest BCUT2D eigenvalue weighted by atomic mass is 10.2. The lowest BCUT2D eigenvalue weighted by molar-refractivity contribution is -0.386. The third-order valence-electron chi connectivity index (χ3n) is 1.94. The summed E-state index contributed by atoms with van der Waals surface area (Å²) in [5.74, 6) is -2.90. The summed E-state index contributed by atoms with van der Waals surface area (Å²) >= 11 is 0. The van der Waals surface area contributed by atoms with Gasteiger partial charge in [-0.15, -0.1) is 0 Å². The van der Waals surface area contributed by atoms with Crippen LogP contribution in [0.3, 0.4) is 0 Å². The minimum atomic E-state index is -1.50. The molecule has 0 aromatic heterocycles. The van der Waals surface area contributed by atoms with Crippen molar-refractivity contribution < 1.29 is 24.0 Å². The summed E-state index contributed by atoms with van der Waals surface area (Å²) in [7, 11) is 0. The molecule has 0 aliphatic carbocycles. The van der Waals surface area contributed by atoms with Crippen molar-refractivity contribution in [3.8, 4) is 5.75 Å². The van der Waals surface area contributed by atoms with E-state index in [4.69, 9.17) is 9.84 Å². The van der Waals surface area contributed by atoms with E-state index in [1.807, 2.05) is 0 Å². The van der Waals surface area contributed by atoms with Crippen LogP contribution in [0.5, 0.6) is 5.75 Å². The highest BCUT2D eigenvalue weighted by Crippen LogP contribution is 2.30. The molecule has 6 nitrogen and oxygen atoms in total. The maximum Gasteiger partial charge on any atom is 0.338 e. The van der Waals surface area contributed by atoms with E-state index in [0.717, 1.165) is 6.07 Å². The van der Waals surface area contributed by atoms with Crippen LogP contribution in [0.4, 0.5) is 10.1 Å². The third kappa shape index (κ3) is 2.90.